The first kappa shape index (κ1) is 24.1. The van der Waals surface area contributed by atoms with Gasteiger partial charge in [0.15, 0.2) is 11.6 Å². The second-order valence-electron chi connectivity index (χ2n) is 9.11. The summed E-state index contributed by atoms with van der Waals surface area (Å²) < 4.78 is 33.8. The van der Waals surface area contributed by atoms with Crippen LogP contribution in [0.25, 0.3) is 17.0 Å². The summed E-state index contributed by atoms with van der Waals surface area (Å²) in [5.74, 6) is -0.651. The van der Waals surface area contributed by atoms with Gasteiger partial charge in [-0.05, 0) is 80.5 Å². The van der Waals surface area contributed by atoms with E-state index in [1.54, 1.807) is 12.1 Å². The van der Waals surface area contributed by atoms with Crippen molar-refractivity contribution in [1.82, 2.24) is 9.88 Å². The van der Waals surface area contributed by atoms with E-state index >= 15 is 0 Å². The second kappa shape index (κ2) is 9.66. The Hall–Kier alpha value is -3.06. The third-order valence-corrected chi connectivity index (χ3v) is 6.70. The highest BCUT2D eigenvalue weighted by atomic mass is 35.5. The molecule has 0 radical (unpaired) electrons. The molecule has 1 saturated carbocycles. The zero-order valence-electron chi connectivity index (χ0n) is 18.9. The zero-order valence-corrected chi connectivity index (χ0v) is 19.8. The number of carbonyl (C=O) groups is 1. The number of halogens is 3. The van der Waals surface area contributed by atoms with E-state index in [2.05, 4.69) is 16.8 Å². The number of primary amides is 1. The van der Waals surface area contributed by atoms with Crippen LogP contribution in [0.15, 0.2) is 42.2 Å². The van der Waals surface area contributed by atoms with E-state index in [1.165, 1.54) is 31.0 Å². The zero-order chi connectivity index (χ0) is 23.1. The van der Waals surface area contributed by atoms with Crippen LogP contribution in [0.3, 0.4) is 0 Å². The lowest BCUT2D eigenvalue weighted by Crippen LogP contribution is -2.37. The van der Waals surface area contributed by atoms with Crippen molar-refractivity contribution < 1.29 is 18.3 Å². The highest BCUT2D eigenvalue weighted by Gasteiger charge is 2.30. The first-order valence-corrected chi connectivity index (χ1v) is 11.4. The maximum Gasteiger partial charge on any atom is 0.249 e. The van der Waals surface area contributed by atoms with Crippen LogP contribution in [0.4, 0.5) is 8.78 Å². The Morgan fingerprint density at radius 2 is 2.06 bits per heavy atom. The van der Waals surface area contributed by atoms with Gasteiger partial charge in [-0.2, -0.15) is 0 Å². The molecule has 1 aliphatic heterocycles. The smallest absolute Gasteiger partial charge is 0.249 e. The van der Waals surface area contributed by atoms with Crippen molar-refractivity contribution in [3.63, 3.8) is 0 Å². The maximum absolute atomic E-state index is 14.3. The Kier molecular flexibility index (Phi) is 6.84. The molecule has 0 spiro atoms. The number of rotatable bonds is 8. The van der Waals surface area contributed by atoms with Gasteiger partial charge in [-0.3, -0.25) is 4.79 Å². The predicted molar refractivity (Wildman–Crippen MR) is 131 cm³/mol. The van der Waals surface area contributed by atoms with Crippen LogP contribution in [-0.4, -0.2) is 35.0 Å². The van der Waals surface area contributed by atoms with Crippen molar-refractivity contribution in [3.8, 4) is 5.75 Å². The molecule has 1 unspecified atom stereocenters. The molecule has 2 heterocycles. The fraction of sp³-hybridized carbons (Fsp3) is 0.346. The van der Waals surface area contributed by atoms with Crippen molar-refractivity contribution >= 4 is 35.3 Å². The molecule has 8 heteroatoms. The molecule has 0 bridgehead atoms. The van der Waals surface area contributed by atoms with Crippen LogP contribution in [0.5, 0.6) is 5.75 Å². The van der Waals surface area contributed by atoms with Crippen molar-refractivity contribution in [2.24, 2.45) is 11.7 Å². The molecule has 34 heavy (non-hydrogen) atoms. The van der Waals surface area contributed by atoms with Crippen LogP contribution in [0, 0.1) is 17.6 Å². The van der Waals surface area contributed by atoms with Crippen LogP contribution in [0.2, 0.25) is 0 Å². The van der Waals surface area contributed by atoms with Gasteiger partial charge in [0.1, 0.15) is 12.4 Å². The van der Waals surface area contributed by atoms with Gasteiger partial charge >= 0.3 is 0 Å². The number of fused-ring (bicyclic) bond motifs is 2. The fourth-order valence-corrected chi connectivity index (χ4v) is 4.63. The minimum Gasteiger partial charge on any atom is -0.484 e. The van der Waals surface area contributed by atoms with Gasteiger partial charge < -0.3 is 20.4 Å². The summed E-state index contributed by atoms with van der Waals surface area (Å²) in [6.45, 7) is 3.28. The van der Waals surface area contributed by atoms with Crippen molar-refractivity contribution in [1.29, 1.82) is 0 Å². The van der Waals surface area contributed by atoms with Gasteiger partial charge in [0, 0.05) is 35.2 Å². The summed E-state index contributed by atoms with van der Waals surface area (Å²) in [6, 6.07) is 7.58. The summed E-state index contributed by atoms with van der Waals surface area (Å²) in [4.78, 5) is 17.4. The fourth-order valence-electron chi connectivity index (χ4n) is 4.63. The minimum atomic E-state index is -0.610. The Morgan fingerprint density at radius 3 is 2.79 bits per heavy atom. The standard InChI is InChI=1S/C26H27F2N3O2.ClH/c1-15(2-5-17-12-30-24-9-6-18(27)10-21(17)24)31(13-16-3-4-16)19-11-22-20(26(29)32)7-8-23(28)25(22)33-14-19;/h6-12,15-16,30H,2-5,13-14H2,1H3,(H2,29,32);1H. The molecule has 0 saturated heterocycles. The van der Waals surface area contributed by atoms with Crippen LogP contribution >= 0.6 is 12.4 Å². The van der Waals surface area contributed by atoms with Crippen molar-refractivity contribution in [2.45, 2.75) is 38.6 Å². The highest BCUT2D eigenvalue weighted by molar-refractivity contribution is 5.98. The first-order valence-electron chi connectivity index (χ1n) is 11.4. The summed E-state index contributed by atoms with van der Waals surface area (Å²) in [7, 11) is 0. The lowest BCUT2D eigenvalue weighted by Gasteiger charge is -2.35. The topological polar surface area (TPSA) is 71.3 Å². The average Bonchev–Trinajstić information content (AvgIpc) is 3.54. The molecule has 1 fully saturated rings. The largest absolute Gasteiger partial charge is 0.484 e. The number of aryl methyl sites for hydroxylation is 1. The molecule has 3 N–H and O–H groups in total. The number of carbonyl (C=O) groups excluding carboxylic acids is 1. The molecule has 1 aromatic heterocycles. The molecule has 5 nitrogen and oxygen atoms in total. The number of benzene rings is 2. The third kappa shape index (κ3) is 4.75. The Balaban J connectivity index is 0.00000274. The Morgan fingerprint density at radius 1 is 1.26 bits per heavy atom. The molecule has 1 amide bonds. The number of aromatic amines is 1. The monoisotopic (exact) mass is 487 g/mol. The summed E-state index contributed by atoms with van der Waals surface area (Å²) in [5, 5.41) is 0.909. The number of nitrogens with one attached hydrogen (secondary N) is 1. The maximum atomic E-state index is 14.3. The molecule has 1 aliphatic carbocycles. The number of nitrogens with zero attached hydrogens (tertiary/aromatic N) is 1. The number of hydrogen-bond acceptors (Lipinski definition) is 3. The van der Waals surface area contributed by atoms with Gasteiger partial charge in [-0.15, -0.1) is 12.4 Å². The average molecular weight is 488 g/mol. The molecular weight excluding hydrogens is 460 g/mol. The van der Waals surface area contributed by atoms with E-state index < -0.39 is 11.7 Å². The summed E-state index contributed by atoms with van der Waals surface area (Å²) >= 11 is 0. The van der Waals surface area contributed by atoms with Crippen LogP contribution < -0.4 is 10.5 Å². The summed E-state index contributed by atoms with van der Waals surface area (Å²) in [5.41, 5.74) is 9.11. The molecular formula is C26H28ClF2N3O2. The normalized spacial score (nSPS) is 15.7. The van der Waals surface area contributed by atoms with Gasteiger partial charge in [-0.1, -0.05) is 0 Å². The lowest BCUT2D eigenvalue weighted by atomic mass is 10.00. The molecule has 1 atom stereocenters. The first-order chi connectivity index (χ1) is 15.9. The van der Waals surface area contributed by atoms with Crippen LogP contribution in [0.1, 0.15) is 47.7 Å². The van der Waals surface area contributed by atoms with Crippen molar-refractivity contribution in [3.05, 3.63) is 70.6 Å². The number of H-pyrrole nitrogens is 1. The molecule has 2 aliphatic rings. The lowest BCUT2D eigenvalue weighted by molar-refractivity contribution is 0.0999. The summed E-state index contributed by atoms with van der Waals surface area (Å²) in [6.07, 6.45) is 7.82. The number of aromatic nitrogens is 1. The van der Waals surface area contributed by atoms with Crippen molar-refractivity contribution in [2.75, 3.05) is 13.2 Å². The third-order valence-electron chi connectivity index (χ3n) is 6.70. The number of ether oxygens (including phenoxy) is 1. The second-order valence-corrected chi connectivity index (χ2v) is 9.11. The predicted octanol–water partition coefficient (Wildman–Crippen LogP) is 5.43. The molecule has 180 valence electrons. The van der Waals surface area contributed by atoms with Gasteiger partial charge in [0.25, 0.3) is 0 Å². The van der Waals surface area contributed by atoms with E-state index in [0.717, 1.165) is 41.5 Å². The van der Waals surface area contributed by atoms with E-state index in [0.29, 0.717) is 11.5 Å². The number of amides is 1. The molecule has 5 rings (SSSR count). The Labute approximate surface area is 203 Å². The SMILES string of the molecule is CC(CCc1c[nH]c2ccc(F)cc12)N(CC1CC1)C1=Cc2c(C(N)=O)ccc(F)c2OC1.Cl. The highest BCUT2D eigenvalue weighted by Crippen LogP contribution is 2.37. The van der Waals surface area contributed by atoms with E-state index in [9.17, 15) is 13.6 Å². The van der Waals surface area contributed by atoms with Crippen LogP contribution in [-0.2, 0) is 6.42 Å². The quantitative estimate of drug-likeness (QED) is 0.445. The Bertz CT molecular complexity index is 1250. The van der Waals surface area contributed by atoms with Gasteiger partial charge in [0.2, 0.25) is 5.91 Å². The van der Waals surface area contributed by atoms with Gasteiger partial charge in [-0.25, -0.2) is 8.78 Å². The van der Waals surface area contributed by atoms with E-state index in [1.807, 2.05) is 12.3 Å². The molecule has 3 aromatic rings. The van der Waals surface area contributed by atoms with E-state index in [4.69, 9.17) is 10.5 Å². The minimum absolute atomic E-state index is 0. The number of nitrogens with two attached hydrogens (primary N) is 1. The molecule has 2 aromatic carbocycles. The van der Waals surface area contributed by atoms with Gasteiger partial charge in [0.05, 0.1) is 11.3 Å². The number of hydrogen-bond donors (Lipinski definition) is 2. The van der Waals surface area contributed by atoms with E-state index in [-0.39, 0.29) is 42.2 Å².